The van der Waals surface area contributed by atoms with Crippen LogP contribution in [-0.4, -0.2) is 44.9 Å². The quantitative estimate of drug-likeness (QED) is 0.815. The second kappa shape index (κ2) is 9.05. The topological polar surface area (TPSA) is 109 Å². The van der Waals surface area contributed by atoms with Crippen LogP contribution in [0.3, 0.4) is 0 Å². The number of hydrogen-bond acceptors (Lipinski definition) is 5. The van der Waals surface area contributed by atoms with E-state index in [9.17, 15) is 4.79 Å². The Kier molecular flexibility index (Phi) is 6.80. The van der Waals surface area contributed by atoms with Gasteiger partial charge in [-0.15, -0.1) is 0 Å². The number of nitrogens with zero attached hydrogens (tertiary/aromatic N) is 3. The Morgan fingerprint density at radius 1 is 1.38 bits per heavy atom. The molecule has 1 unspecified atom stereocenters. The van der Waals surface area contributed by atoms with Gasteiger partial charge in [0.05, 0.1) is 11.7 Å². The second-order valence-corrected chi connectivity index (χ2v) is 6.35. The Hall–Kier alpha value is -2.80. The fraction of sp³-hybridized carbons (Fsp3) is 0.368. The van der Waals surface area contributed by atoms with Crippen LogP contribution in [-0.2, 0) is 4.79 Å². The molecule has 1 aliphatic rings. The smallest absolute Gasteiger partial charge is 0.290 e. The van der Waals surface area contributed by atoms with Crippen molar-refractivity contribution in [1.29, 1.82) is 0 Å². The summed E-state index contributed by atoms with van der Waals surface area (Å²) in [5, 5.41) is 6.89. The molecule has 3 rings (SSSR count). The lowest BCUT2D eigenvalue weighted by Gasteiger charge is -2.27. The van der Waals surface area contributed by atoms with Crippen LogP contribution in [0.5, 0.6) is 0 Å². The number of nitrogens with two attached hydrogens (primary N) is 1. The molecule has 7 nitrogen and oxygen atoms in total. The molecule has 1 amide bonds. The van der Waals surface area contributed by atoms with Crippen molar-refractivity contribution in [2.24, 2.45) is 5.73 Å². The number of rotatable bonds is 4. The molecular weight excluding hydrogens is 332 g/mol. The fourth-order valence-electron chi connectivity index (χ4n) is 3.23. The first-order valence-corrected chi connectivity index (χ1v) is 8.54. The minimum Gasteiger partial charge on any atom is -0.483 e. The minimum absolute atomic E-state index is 0.250. The number of carbonyl (C=O) groups is 2. The van der Waals surface area contributed by atoms with Crippen molar-refractivity contribution in [3.63, 3.8) is 0 Å². The third-order valence-electron chi connectivity index (χ3n) is 4.38. The molecule has 1 aromatic carbocycles. The molecule has 3 N–H and O–H groups in total. The first kappa shape index (κ1) is 19.5. The van der Waals surface area contributed by atoms with Crippen molar-refractivity contribution >= 4 is 12.4 Å². The van der Waals surface area contributed by atoms with Gasteiger partial charge in [-0.2, -0.15) is 0 Å². The number of hydrogen-bond donors (Lipinski definition) is 2. The molecule has 0 radical (unpaired) electrons. The van der Waals surface area contributed by atoms with E-state index in [-0.39, 0.29) is 6.47 Å². The third kappa shape index (κ3) is 4.64. The molecule has 138 valence electrons. The molecule has 2 heterocycles. The van der Waals surface area contributed by atoms with Gasteiger partial charge in [-0.25, -0.2) is 9.97 Å². The number of likely N-dealkylation sites (tertiary alicyclic amines) is 1. The fourth-order valence-corrected chi connectivity index (χ4v) is 3.23. The summed E-state index contributed by atoms with van der Waals surface area (Å²) in [6, 6.07) is 9.99. The van der Waals surface area contributed by atoms with E-state index in [4.69, 9.17) is 20.6 Å². The molecule has 1 atom stereocenters. The molecule has 1 fully saturated rings. The van der Waals surface area contributed by atoms with Gasteiger partial charge in [0.15, 0.2) is 5.82 Å². The summed E-state index contributed by atoms with van der Waals surface area (Å²) in [5.41, 5.74) is 7.69. The summed E-state index contributed by atoms with van der Waals surface area (Å²) >= 11 is 0. The van der Waals surface area contributed by atoms with Crippen molar-refractivity contribution in [3.05, 3.63) is 47.8 Å². The first-order valence-electron chi connectivity index (χ1n) is 8.54. The highest BCUT2D eigenvalue weighted by Gasteiger charge is 2.29. The normalized spacial score (nSPS) is 16.8. The van der Waals surface area contributed by atoms with E-state index >= 15 is 0 Å². The summed E-state index contributed by atoms with van der Waals surface area (Å²) in [6.07, 6.45) is 4.11. The minimum atomic E-state index is -0.440. The van der Waals surface area contributed by atoms with Crippen molar-refractivity contribution in [2.45, 2.75) is 38.8 Å². The Bertz CT molecular complexity index is 764. The van der Waals surface area contributed by atoms with Gasteiger partial charge in [-0.3, -0.25) is 14.5 Å². The zero-order valence-electron chi connectivity index (χ0n) is 15.0. The van der Waals surface area contributed by atoms with Crippen LogP contribution >= 0.6 is 0 Å². The average Bonchev–Trinajstić information content (AvgIpc) is 3.13. The van der Waals surface area contributed by atoms with Gasteiger partial charge in [-0.05, 0) is 51.4 Å². The van der Waals surface area contributed by atoms with Gasteiger partial charge >= 0.3 is 0 Å². The summed E-state index contributed by atoms with van der Waals surface area (Å²) in [6.45, 7) is 5.30. The van der Waals surface area contributed by atoms with Crippen LogP contribution < -0.4 is 5.73 Å². The summed E-state index contributed by atoms with van der Waals surface area (Å²) in [7, 11) is 0. The van der Waals surface area contributed by atoms with Crippen molar-refractivity contribution in [2.75, 3.05) is 6.54 Å². The Morgan fingerprint density at radius 3 is 2.77 bits per heavy atom. The Balaban J connectivity index is 0.000000758. The number of carbonyl (C=O) groups excluding carboxylic acids is 1. The first-order chi connectivity index (χ1) is 12.5. The molecule has 0 aliphatic carbocycles. The maximum Gasteiger partial charge on any atom is 0.290 e. The summed E-state index contributed by atoms with van der Waals surface area (Å²) in [4.78, 5) is 31.3. The molecule has 7 heteroatoms. The van der Waals surface area contributed by atoms with Gasteiger partial charge in [0.1, 0.15) is 0 Å². The molecule has 1 aromatic heterocycles. The lowest BCUT2D eigenvalue weighted by Crippen LogP contribution is -2.30. The predicted octanol–water partition coefficient (Wildman–Crippen LogP) is 2.49. The number of primary amides is 1. The highest BCUT2D eigenvalue weighted by atomic mass is 16.3. The molecule has 1 saturated heterocycles. The monoisotopic (exact) mass is 356 g/mol. The standard InChI is InChI=1S/C18H22N4O.CH2O2/c1-12(2)22-10-4-7-16(22)15-8-9-20-18(21-15)14-6-3-5-13(11-14)17(19)23;2-1-3/h3,5-6,8-9,11-12,16H,4,7,10H2,1-2H3,(H2,19,23);1H,(H,2,3). The largest absolute Gasteiger partial charge is 0.483 e. The lowest BCUT2D eigenvalue weighted by atomic mass is 10.1. The summed E-state index contributed by atoms with van der Waals surface area (Å²) < 4.78 is 0. The van der Waals surface area contributed by atoms with Crippen LogP contribution in [0, 0.1) is 0 Å². The molecule has 26 heavy (non-hydrogen) atoms. The van der Waals surface area contributed by atoms with Crippen LogP contribution in [0.4, 0.5) is 0 Å². The maximum atomic E-state index is 11.4. The molecule has 0 spiro atoms. The maximum absolute atomic E-state index is 11.4. The number of aromatic nitrogens is 2. The molecule has 0 saturated carbocycles. The van der Waals surface area contributed by atoms with E-state index in [1.165, 1.54) is 6.42 Å². The van der Waals surface area contributed by atoms with Crippen LogP contribution in [0.25, 0.3) is 11.4 Å². The molecular formula is C19H24N4O3. The number of carboxylic acid groups (broad SMARTS) is 1. The molecule has 1 aliphatic heterocycles. The van der Waals surface area contributed by atoms with Crippen LogP contribution in [0.2, 0.25) is 0 Å². The highest BCUT2D eigenvalue weighted by molar-refractivity contribution is 5.93. The van der Waals surface area contributed by atoms with E-state index in [1.807, 2.05) is 12.1 Å². The van der Waals surface area contributed by atoms with Gasteiger partial charge < -0.3 is 10.8 Å². The Labute approximate surface area is 152 Å². The highest BCUT2D eigenvalue weighted by Crippen LogP contribution is 2.33. The Morgan fingerprint density at radius 2 is 2.12 bits per heavy atom. The van der Waals surface area contributed by atoms with Crippen LogP contribution in [0.15, 0.2) is 36.5 Å². The van der Waals surface area contributed by atoms with E-state index in [1.54, 1.807) is 24.4 Å². The third-order valence-corrected chi connectivity index (χ3v) is 4.38. The molecule has 0 bridgehead atoms. The van der Waals surface area contributed by atoms with E-state index in [2.05, 4.69) is 23.7 Å². The van der Waals surface area contributed by atoms with Gasteiger partial charge in [0.2, 0.25) is 5.91 Å². The average molecular weight is 356 g/mol. The van der Waals surface area contributed by atoms with Gasteiger partial charge in [-0.1, -0.05) is 12.1 Å². The van der Waals surface area contributed by atoms with Crippen molar-refractivity contribution in [1.82, 2.24) is 14.9 Å². The zero-order chi connectivity index (χ0) is 19.1. The lowest BCUT2D eigenvalue weighted by molar-refractivity contribution is -0.122. The van der Waals surface area contributed by atoms with E-state index in [0.717, 1.165) is 24.2 Å². The zero-order valence-corrected chi connectivity index (χ0v) is 15.0. The van der Waals surface area contributed by atoms with Crippen molar-refractivity contribution in [3.8, 4) is 11.4 Å². The second-order valence-electron chi connectivity index (χ2n) is 6.35. The predicted molar refractivity (Wildman–Crippen MR) is 98.5 cm³/mol. The van der Waals surface area contributed by atoms with E-state index < -0.39 is 5.91 Å². The van der Waals surface area contributed by atoms with Gasteiger partial charge in [0.25, 0.3) is 6.47 Å². The number of benzene rings is 1. The number of amides is 1. The van der Waals surface area contributed by atoms with E-state index in [0.29, 0.717) is 23.5 Å². The molecule has 2 aromatic rings. The van der Waals surface area contributed by atoms with Gasteiger partial charge in [0, 0.05) is 23.4 Å². The van der Waals surface area contributed by atoms with Crippen LogP contribution in [0.1, 0.15) is 48.8 Å². The SMILES string of the molecule is CC(C)N1CCCC1c1ccnc(-c2cccc(C(N)=O)c2)n1.O=CO. The summed E-state index contributed by atoms with van der Waals surface area (Å²) in [5.74, 6) is 0.200. The van der Waals surface area contributed by atoms with Crippen molar-refractivity contribution < 1.29 is 14.7 Å².